The second-order valence-corrected chi connectivity index (χ2v) is 6.87. The molecule has 2 unspecified atom stereocenters. The van der Waals surface area contributed by atoms with Gasteiger partial charge in [0, 0.05) is 13.1 Å². The molecule has 0 spiro atoms. The Kier molecular flexibility index (Phi) is 6.71. The number of carbonyl (C=O) groups excluding carboxylic acids is 1. The monoisotopic (exact) mass is 364 g/mol. The van der Waals surface area contributed by atoms with Gasteiger partial charge in [-0.1, -0.05) is 6.07 Å². The lowest BCUT2D eigenvalue weighted by Gasteiger charge is -2.31. The summed E-state index contributed by atoms with van der Waals surface area (Å²) >= 11 is 0. The highest BCUT2D eigenvalue weighted by molar-refractivity contribution is 5.77. The minimum absolute atomic E-state index is 0.0353. The summed E-state index contributed by atoms with van der Waals surface area (Å²) in [7, 11) is 1.58. The Labute approximate surface area is 154 Å². The summed E-state index contributed by atoms with van der Waals surface area (Å²) in [6, 6.07) is 5.08. The maximum atomic E-state index is 12.5. The van der Waals surface area contributed by atoms with Crippen LogP contribution in [0.15, 0.2) is 18.2 Å². The number of ether oxygens (including phenoxy) is 2. The number of benzene rings is 1. The largest absolute Gasteiger partial charge is 0.493 e. The van der Waals surface area contributed by atoms with Crippen LogP contribution in [0.5, 0.6) is 11.5 Å². The first-order valence-electron chi connectivity index (χ1n) is 8.94. The first kappa shape index (κ1) is 19.9. The molecule has 1 fully saturated rings. The molecule has 1 aliphatic heterocycles. The number of hydrogen-bond acceptors (Lipinski definition) is 4. The number of piperidine rings is 1. The summed E-state index contributed by atoms with van der Waals surface area (Å²) in [6.07, 6.45) is 1.35. The smallest absolute Gasteiger partial charge is 0.317 e. The molecule has 1 heterocycles. The molecule has 1 aromatic carbocycles. The van der Waals surface area contributed by atoms with Crippen molar-refractivity contribution in [2.45, 2.75) is 45.8 Å². The van der Waals surface area contributed by atoms with Crippen molar-refractivity contribution in [1.82, 2.24) is 10.2 Å². The van der Waals surface area contributed by atoms with Crippen molar-refractivity contribution in [2.75, 3.05) is 20.2 Å². The number of urea groups is 1. The van der Waals surface area contributed by atoms with Crippen molar-refractivity contribution < 1.29 is 24.2 Å². The Bertz CT molecular complexity index is 647. The Morgan fingerprint density at radius 1 is 1.27 bits per heavy atom. The lowest BCUT2D eigenvalue weighted by molar-refractivity contribution is -0.143. The van der Waals surface area contributed by atoms with Gasteiger partial charge in [-0.3, -0.25) is 4.79 Å². The summed E-state index contributed by atoms with van der Waals surface area (Å²) in [5, 5.41) is 12.1. The maximum absolute atomic E-state index is 12.5. The fourth-order valence-electron chi connectivity index (χ4n) is 3.03. The standard InChI is InChI=1S/C19H28N2O5/c1-12(2)26-16-8-7-14(10-17(16)25-4)13(3)20-19(24)21-9-5-6-15(11-21)18(22)23/h7-8,10,12-13,15H,5-6,9,11H2,1-4H3,(H,20,24)(H,22,23). The van der Waals surface area contributed by atoms with Crippen LogP contribution < -0.4 is 14.8 Å². The van der Waals surface area contributed by atoms with Gasteiger partial charge in [-0.15, -0.1) is 0 Å². The number of likely N-dealkylation sites (tertiary alicyclic amines) is 1. The number of nitrogens with zero attached hydrogens (tertiary/aromatic N) is 1. The molecule has 0 aliphatic carbocycles. The number of carboxylic acid groups (broad SMARTS) is 1. The zero-order valence-corrected chi connectivity index (χ0v) is 15.8. The van der Waals surface area contributed by atoms with Crippen LogP contribution in [0.25, 0.3) is 0 Å². The second kappa shape index (κ2) is 8.78. The van der Waals surface area contributed by atoms with Crippen molar-refractivity contribution in [3.8, 4) is 11.5 Å². The van der Waals surface area contributed by atoms with Gasteiger partial charge in [-0.2, -0.15) is 0 Å². The summed E-state index contributed by atoms with van der Waals surface area (Å²) in [5.41, 5.74) is 0.887. The van der Waals surface area contributed by atoms with Gasteiger partial charge in [0.25, 0.3) is 0 Å². The Morgan fingerprint density at radius 3 is 2.62 bits per heavy atom. The molecule has 1 saturated heterocycles. The van der Waals surface area contributed by atoms with Crippen LogP contribution in [0.3, 0.4) is 0 Å². The Hall–Kier alpha value is -2.44. The van der Waals surface area contributed by atoms with E-state index in [2.05, 4.69) is 5.32 Å². The normalized spacial score (nSPS) is 18.3. The molecule has 0 bridgehead atoms. The third kappa shape index (κ3) is 5.03. The Balaban J connectivity index is 2.03. The van der Waals surface area contributed by atoms with Crippen LogP contribution in [0.2, 0.25) is 0 Å². The van der Waals surface area contributed by atoms with E-state index in [1.165, 1.54) is 0 Å². The molecule has 0 saturated carbocycles. The quantitative estimate of drug-likeness (QED) is 0.810. The van der Waals surface area contributed by atoms with E-state index < -0.39 is 11.9 Å². The van der Waals surface area contributed by atoms with Crippen LogP contribution in [0.1, 0.15) is 45.2 Å². The average molecular weight is 364 g/mol. The van der Waals surface area contributed by atoms with Gasteiger partial charge in [0.1, 0.15) is 0 Å². The van der Waals surface area contributed by atoms with Gasteiger partial charge in [0.05, 0.1) is 25.2 Å². The first-order valence-corrected chi connectivity index (χ1v) is 8.94. The first-order chi connectivity index (χ1) is 12.3. The number of aliphatic carboxylic acids is 1. The molecule has 144 valence electrons. The van der Waals surface area contributed by atoms with Crippen molar-refractivity contribution >= 4 is 12.0 Å². The third-order valence-corrected chi connectivity index (χ3v) is 4.45. The molecule has 7 heteroatoms. The number of methoxy groups -OCH3 is 1. The third-order valence-electron chi connectivity index (χ3n) is 4.45. The highest BCUT2D eigenvalue weighted by atomic mass is 16.5. The number of hydrogen-bond donors (Lipinski definition) is 2. The van der Waals surface area contributed by atoms with Crippen LogP contribution in [-0.4, -0.2) is 48.3 Å². The molecule has 2 amide bonds. The lowest BCUT2D eigenvalue weighted by atomic mass is 9.98. The average Bonchev–Trinajstić information content (AvgIpc) is 2.61. The van der Waals surface area contributed by atoms with Crippen molar-refractivity contribution in [1.29, 1.82) is 0 Å². The minimum atomic E-state index is -0.846. The molecule has 26 heavy (non-hydrogen) atoms. The molecule has 0 aromatic heterocycles. The van der Waals surface area contributed by atoms with Crippen LogP contribution in [0.4, 0.5) is 4.79 Å². The summed E-state index contributed by atoms with van der Waals surface area (Å²) in [6.45, 7) is 6.60. The van der Waals surface area contributed by atoms with E-state index in [0.29, 0.717) is 30.9 Å². The molecule has 2 atom stereocenters. The fourth-order valence-corrected chi connectivity index (χ4v) is 3.03. The molecular formula is C19H28N2O5. The second-order valence-electron chi connectivity index (χ2n) is 6.87. The zero-order valence-electron chi connectivity index (χ0n) is 15.8. The molecule has 1 aliphatic rings. The van der Waals surface area contributed by atoms with Crippen molar-refractivity contribution in [3.05, 3.63) is 23.8 Å². The number of rotatable bonds is 6. The number of amides is 2. The molecule has 2 N–H and O–H groups in total. The molecule has 1 aromatic rings. The van der Waals surface area contributed by atoms with E-state index in [4.69, 9.17) is 14.6 Å². The van der Waals surface area contributed by atoms with E-state index in [1.54, 1.807) is 12.0 Å². The predicted octanol–water partition coefficient (Wildman–Crippen LogP) is 3.05. The van der Waals surface area contributed by atoms with Crippen molar-refractivity contribution in [3.63, 3.8) is 0 Å². The number of carbonyl (C=O) groups is 2. The van der Waals surface area contributed by atoms with Gasteiger partial charge in [-0.05, 0) is 51.3 Å². The van der Waals surface area contributed by atoms with E-state index in [9.17, 15) is 9.59 Å². The van der Waals surface area contributed by atoms with E-state index in [-0.39, 0.29) is 24.7 Å². The zero-order chi connectivity index (χ0) is 19.3. The summed E-state index contributed by atoms with van der Waals surface area (Å²) < 4.78 is 11.1. The highest BCUT2D eigenvalue weighted by Gasteiger charge is 2.28. The molecule has 7 nitrogen and oxygen atoms in total. The number of nitrogens with one attached hydrogen (secondary N) is 1. The highest BCUT2D eigenvalue weighted by Crippen LogP contribution is 2.31. The van der Waals surface area contributed by atoms with Crippen LogP contribution in [0, 0.1) is 5.92 Å². The van der Waals surface area contributed by atoms with Crippen LogP contribution >= 0.6 is 0 Å². The maximum Gasteiger partial charge on any atom is 0.317 e. The number of carboxylic acids is 1. The van der Waals surface area contributed by atoms with Gasteiger partial charge in [0.15, 0.2) is 11.5 Å². The van der Waals surface area contributed by atoms with Crippen molar-refractivity contribution in [2.24, 2.45) is 5.92 Å². The van der Waals surface area contributed by atoms with Crippen LogP contribution in [-0.2, 0) is 4.79 Å². The molecule has 0 radical (unpaired) electrons. The minimum Gasteiger partial charge on any atom is -0.493 e. The van der Waals surface area contributed by atoms with Gasteiger partial charge < -0.3 is 24.8 Å². The Morgan fingerprint density at radius 2 is 2.00 bits per heavy atom. The topological polar surface area (TPSA) is 88.1 Å². The molecule has 2 rings (SSSR count). The van der Waals surface area contributed by atoms with E-state index in [0.717, 1.165) is 5.56 Å². The molecular weight excluding hydrogens is 336 g/mol. The van der Waals surface area contributed by atoms with Gasteiger partial charge in [0.2, 0.25) is 0 Å². The van der Waals surface area contributed by atoms with E-state index >= 15 is 0 Å². The van der Waals surface area contributed by atoms with Gasteiger partial charge >= 0.3 is 12.0 Å². The van der Waals surface area contributed by atoms with Gasteiger partial charge in [-0.25, -0.2) is 4.79 Å². The summed E-state index contributed by atoms with van der Waals surface area (Å²) in [5.74, 6) is -0.0651. The lowest BCUT2D eigenvalue weighted by Crippen LogP contribution is -2.47. The SMILES string of the molecule is COc1cc(C(C)NC(=O)N2CCCC(C(=O)O)C2)ccc1OC(C)C. The van der Waals surface area contributed by atoms with E-state index in [1.807, 2.05) is 39.0 Å². The summed E-state index contributed by atoms with van der Waals surface area (Å²) in [4.78, 5) is 25.2. The fraction of sp³-hybridized carbons (Fsp3) is 0.579. The predicted molar refractivity (Wildman–Crippen MR) is 97.6 cm³/mol.